The van der Waals surface area contributed by atoms with Gasteiger partial charge in [-0.25, -0.2) is 0 Å². The van der Waals surface area contributed by atoms with Gasteiger partial charge in [0.15, 0.2) is 11.3 Å². The number of para-hydroxylation sites is 5. The Kier molecular flexibility index (Phi) is 11.8. The standard InChI is InChI=1S/C84H60N2O2/c1-5-25-76(80-54(4)62-38-22-39-67(81(62)87-80)60-32-14-12-26-52(60)2)85(57-28-8-6-9-29-57)59-47-46-55-49-71-74(50-56(55)48-59)84(72-43-20-18-34-63(72)64-35-19-21-44-73(64)84)75-51-78(65-36-16-17-37-66(65)79(71)75)86(58-30-10-7-11-31-58)77-45-24-42-70-69-41-23-40-68(82(69)88-83(70)77)61-33-15-13-27-53(61)3/h6-51H,5H2,1-4H3/b76-25+. The molecule has 0 bridgehead atoms. The second kappa shape index (κ2) is 20.1. The highest BCUT2D eigenvalue weighted by atomic mass is 16.3. The molecule has 2 aliphatic rings. The summed E-state index contributed by atoms with van der Waals surface area (Å²) in [6.45, 7) is 8.78. The fourth-order valence-electron chi connectivity index (χ4n) is 15.1. The predicted octanol–water partition coefficient (Wildman–Crippen LogP) is 23.3. The van der Waals surface area contributed by atoms with Crippen molar-refractivity contribution >= 4 is 88.6 Å². The van der Waals surface area contributed by atoms with Crippen LogP contribution in [0.1, 0.15) is 58.0 Å². The first-order chi connectivity index (χ1) is 43.4. The zero-order valence-electron chi connectivity index (χ0n) is 49.5. The molecule has 2 aliphatic carbocycles. The average molecular weight is 1130 g/mol. The molecule has 4 nitrogen and oxygen atoms in total. The maximum atomic E-state index is 7.33. The van der Waals surface area contributed by atoms with E-state index in [9.17, 15) is 0 Å². The Hall–Kier alpha value is -10.9. The monoisotopic (exact) mass is 1130 g/mol. The van der Waals surface area contributed by atoms with Crippen molar-refractivity contribution in [3.05, 3.63) is 324 Å². The molecule has 0 saturated carbocycles. The number of furan rings is 2. The van der Waals surface area contributed by atoms with E-state index in [1.807, 2.05) is 0 Å². The molecule has 88 heavy (non-hydrogen) atoms. The number of hydrogen-bond acceptors (Lipinski definition) is 4. The van der Waals surface area contributed by atoms with E-state index in [0.29, 0.717) is 0 Å². The molecule has 0 atom stereocenters. The molecule has 13 aromatic carbocycles. The van der Waals surface area contributed by atoms with Crippen LogP contribution in [-0.2, 0) is 5.41 Å². The van der Waals surface area contributed by atoms with Crippen LogP contribution in [0.3, 0.4) is 0 Å². The largest absolute Gasteiger partial charge is 0.454 e. The lowest BCUT2D eigenvalue weighted by Crippen LogP contribution is -2.26. The lowest BCUT2D eigenvalue weighted by atomic mass is 9.70. The van der Waals surface area contributed by atoms with Crippen molar-refractivity contribution in [2.24, 2.45) is 0 Å². The number of fused-ring (bicyclic) bond motifs is 17. The third kappa shape index (κ3) is 7.51. The van der Waals surface area contributed by atoms with Gasteiger partial charge in [-0.05, 0) is 171 Å². The van der Waals surface area contributed by atoms with Crippen LogP contribution in [0.4, 0.5) is 28.4 Å². The normalized spacial score (nSPS) is 13.0. The number of nitrogens with zero attached hydrogens (tertiary/aromatic N) is 2. The van der Waals surface area contributed by atoms with E-state index < -0.39 is 5.41 Å². The van der Waals surface area contributed by atoms with Gasteiger partial charge >= 0.3 is 0 Å². The van der Waals surface area contributed by atoms with E-state index in [4.69, 9.17) is 8.83 Å². The summed E-state index contributed by atoms with van der Waals surface area (Å²) in [4.78, 5) is 4.86. The molecule has 0 unspecified atom stereocenters. The fraction of sp³-hybridized carbons (Fsp3) is 0.0714. The minimum atomic E-state index is -0.691. The molecule has 15 aromatic rings. The van der Waals surface area contributed by atoms with E-state index >= 15 is 0 Å². The van der Waals surface area contributed by atoms with Gasteiger partial charge in [0.25, 0.3) is 0 Å². The van der Waals surface area contributed by atoms with Crippen molar-refractivity contribution in [1.29, 1.82) is 0 Å². The molecule has 4 heteroatoms. The van der Waals surface area contributed by atoms with E-state index in [1.165, 1.54) is 77.5 Å². The van der Waals surface area contributed by atoms with Crippen molar-refractivity contribution in [1.82, 2.24) is 0 Å². The molecule has 0 saturated heterocycles. The minimum Gasteiger partial charge on any atom is -0.454 e. The Morgan fingerprint density at radius 3 is 1.56 bits per heavy atom. The Morgan fingerprint density at radius 1 is 0.364 bits per heavy atom. The molecule has 0 fully saturated rings. The topological polar surface area (TPSA) is 32.8 Å². The summed E-state index contributed by atoms with van der Waals surface area (Å²) in [6, 6.07) is 101. The summed E-state index contributed by atoms with van der Waals surface area (Å²) in [6.07, 6.45) is 3.13. The first-order valence-electron chi connectivity index (χ1n) is 30.7. The minimum absolute atomic E-state index is 0.691. The number of aryl methyl sites for hydroxylation is 3. The summed E-state index contributed by atoms with van der Waals surface area (Å²) < 4.78 is 14.6. The van der Waals surface area contributed by atoms with Crippen molar-refractivity contribution < 1.29 is 8.83 Å². The third-order valence-electron chi connectivity index (χ3n) is 19.0. The van der Waals surface area contributed by atoms with Gasteiger partial charge in [-0.15, -0.1) is 0 Å². The number of anilines is 5. The molecular weight excluding hydrogens is 1070 g/mol. The highest BCUT2D eigenvalue weighted by Crippen LogP contribution is 2.66. The molecule has 418 valence electrons. The Balaban J connectivity index is 0.907. The SMILES string of the molecule is CC/C=C(\c1oc2c(-c3ccccc3C)cccc2c1C)N(c1ccccc1)c1ccc2cc3c(cc2c1)C1(c2ccccc2-c2ccccc21)c1cc(N(c2ccccc2)c2cccc4c2oc2c(-c5ccccc5C)cccc24)c2ccccc2c1-3. The molecule has 0 aliphatic heterocycles. The van der Waals surface area contributed by atoms with Gasteiger partial charge < -0.3 is 18.6 Å². The number of allylic oxidation sites excluding steroid dienone is 1. The van der Waals surface area contributed by atoms with E-state index in [2.05, 4.69) is 317 Å². The smallest absolute Gasteiger partial charge is 0.159 e. The zero-order valence-corrected chi connectivity index (χ0v) is 49.5. The Morgan fingerprint density at radius 2 is 0.898 bits per heavy atom. The highest BCUT2D eigenvalue weighted by molar-refractivity contribution is 6.17. The zero-order chi connectivity index (χ0) is 58.8. The Bertz CT molecular complexity index is 5330. The molecular formula is C84H60N2O2. The lowest BCUT2D eigenvalue weighted by Gasteiger charge is -2.33. The summed E-state index contributed by atoms with van der Waals surface area (Å²) in [7, 11) is 0. The van der Waals surface area contributed by atoms with E-state index in [1.54, 1.807) is 0 Å². The van der Waals surface area contributed by atoms with Crippen LogP contribution >= 0.6 is 0 Å². The first-order valence-corrected chi connectivity index (χ1v) is 30.7. The lowest BCUT2D eigenvalue weighted by molar-refractivity contribution is 0.595. The van der Waals surface area contributed by atoms with Gasteiger partial charge in [-0.1, -0.05) is 225 Å². The quantitative estimate of drug-likeness (QED) is 0.137. The van der Waals surface area contributed by atoms with Crippen molar-refractivity contribution in [3.8, 4) is 44.5 Å². The van der Waals surface area contributed by atoms with Crippen molar-refractivity contribution in [2.45, 2.75) is 39.5 Å². The summed E-state index contributed by atoms with van der Waals surface area (Å²) in [5.41, 5.74) is 26.3. The van der Waals surface area contributed by atoms with Crippen LogP contribution < -0.4 is 9.80 Å². The van der Waals surface area contributed by atoms with Gasteiger partial charge in [0, 0.05) is 55.3 Å². The van der Waals surface area contributed by atoms with Gasteiger partial charge in [0.2, 0.25) is 0 Å². The second-order valence-electron chi connectivity index (χ2n) is 23.8. The number of rotatable bonds is 10. The molecule has 2 aromatic heterocycles. The van der Waals surface area contributed by atoms with Gasteiger partial charge in [0.1, 0.15) is 11.2 Å². The predicted molar refractivity (Wildman–Crippen MR) is 368 cm³/mol. The first kappa shape index (κ1) is 51.5. The van der Waals surface area contributed by atoms with Crippen molar-refractivity contribution in [2.75, 3.05) is 9.80 Å². The van der Waals surface area contributed by atoms with Gasteiger partial charge in [0.05, 0.1) is 22.5 Å². The number of hydrogen-bond donors (Lipinski definition) is 0. The van der Waals surface area contributed by atoms with Crippen LogP contribution in [0.5, 0.6) is 0 Å². The summed E-state index contributed by atoms with van der Waals surface area (Å²) >= 11 is 0. The van der Waals surface area contributed by atoms with E-state index in [0.717, 1.165) is 107 Å². The molecule has 0 amide bonds. The van der Waals surface area contributed by atoms with E-state index in [-0.39, 0.29) is 0 Å². The maximum absolute atomic E-state index is 7.33. The molecule has 1 spiro atoms. The molecule has 0 N–H and O–H groups in total. The molecule has 0 radical (unpaired) electrons. The van der Waals surface area contributed by atoms with Gasteiger partial charge in [-0.3, -0.25) is 0 Å². The van der Waals surface area contributed by atoms with Crippen LogP contribution in [-0.4, -0.2) is 0 Å². The highest BCUT2D eigenvalue weighted by Gasteiger charge is 2.53. The Labute approximate surface area is 512 Å². The van der Waals surface area contributed by atoms with Crippen LogP contribution in [0, 0.1) is 20.8 Å². The average Bonchev–Trinajstić information content (AvgIpc) is 1.50. The third-order valence-corrected chi connectivity index (χ3v) is 19.0. The van der Waals surface area contributed by atoms with Crippen LogP contribution in [0.2, 0.25) is 0 Å². The van der Waals surface area contributed by atoms with Crippen LogP contribution in [0.15, 0.2) is 288 Å². The maximum Gasteiger partial charge on any atom is 0.159 e. The summed E-state index contributed by atoms with van der Waals surface area (Å²) in [5.74, 6) is 0.861. The van der Waals surface area contributed by atoms with Crippen LogP contribution in [0.25, 0.3) is 105 Å². The second-order valence-corrected chi connectivity index (χ2v) is 23.8. The van der Waals surface area contributed by atoms with Crippen molar-refractivity contribution in [3.63, 3.8) is 0 Å². The molecule has 17 rings (SSSR count). The fourth-order valence-corrected chi connectivity index (χ4v) is 15.1. The number of benzene rings is 13. The molecule has 2 heterocycles. The van der Waals surface area contributed by atoms with Gasteiger partial charge in [-0.2, -0.15) is 0 Å². The summed E-state index contributed by atoms with van der Waals surface area (Å²) in [5, 5.41) is 7.95.